The van der Waals surface area contributed by atoms with Crippen molar-refractivity contribution in [1.29, 1.82) is 0 Å². The zero-order valence-corrected chi connectivity index (χ0v) is 9.80. The minimum Gasteiger partial charge on any atom is -0.478 e. The van der Waals surface area contributed by atoms with E-state index in [1.54, 1.807) is 6.07 Å². The summed E-state index contributed by atoms with van der Waals surface area (Å²) in [6, 6.07) is 3.52. The van der Waals surface area contributed by atoms with Gasteiger partial charge in [0, 0.05) is 5.56 Å². The zero-order chi connectivity index (χ0) is 11.9. The molecule has 0 aliphatic heterocycles. The summed E-state index contributed by atoms with van der Waals surface area (Å²) in [6.45, 7) is 1.91. The fraction of sp³-hybridized carbons (Fsp3) is 0.333. The van der Waals surface area contributed by atoms with Crippen LogP contribution in [0.2, 0.25) is 0 Å². The highest BCUT2D eigenvalue weighted by atomic mass is 32.1. The highest BCUT2D eigenvalue weighted by Crippen LogP contribution is 2.42. The number of aryl methyl sites for hydroxylation is 1. The molecule has 0 heterocycles. The minimum atomic E-state index is -0.903. The summed E-state index contributed by atoms with van der Waals surface area (Å²) in [7, 11) is 0. The molecule has 1 aliphatic carbocycles. The monoisotopic (exact) mass is 235 g/mol. The molecule has 1 aromatic carbocycles. The Bertz CT molecular complexity index is 478. The van der Waals surface area contributed by atoms with Crippen molar-refractivity contribution >= 4 is 23.2 Å². The van der Waals surface area contributed by atoms with Gasteiger partial charge in [-0.05, 0) is 42.9 Å². The summed E-state index contributed by atoms with van der Waals surface area (Å²) in [5.74, 6) is -0.496. The Morgan fingerprint density at radius 2 is 2.06 bits per heavy atom. The molecule has 1 aliphatic rings. The van der Waals surface area contributed by atoms with Gasteiger partial charge in [0.25, 0.3) is 0 Å². The van der Waals surface area contributed by atoms with E-state index in [1.807, 2.05) is 13.0 Å². The molecule has 0 amide bonds. The molecule has 0 saturated heterocycles. The number of carboxylic acids is 1. The number of benzene rings is 1. The van der Waals surface area contributed by atoms with E-state index >= 15 is 0 Å². The van der Waals surface area contributed by atoms with Crippen LogP contribution in [0.4, 0.5) is 0 Å². The average Bonchev–Trinajstić information content (AvgIpc) is 2.99. The number of hydrogen-bond donors (Lipinski definition) is 2. The molecule has 0 radical (unpaired) electrons. The lowest BCUT2D eigenvalue weighted by molar-refractivity contribution is 0.0695. The van der Waals surface area contributed by atoms with Crippen molar-refractivity contribution in [2.45, 2.75) is 25.7 Å². The lowest BCUT2D eigenvalue weighted by atomic mass is 9.96. The Labute approximate surface area is 99.3 Å². The molecule has 16 heavy (non-hydrogen) atoms. The first-order chi connectivity index (χ1) is 7.50. The van der Waals surface area contributed by atoms with Crippen molar-refractivity contribution in [1.82, 2.24) is 0 Å². The van der Waals surface area contributed by atoms with Crippen LogP contribution in [0.1, 0.15) is 45.8 Å². The topological polar surface area (TPSA) is 63.3 Å². The molecule has 4 heteroatoms. The van der Waals surface area contributed by atoms with Crippen LogP contribution in [0.5, 0.6) is 0 Å². The van der Waals surface area contributed by atoms with Crippen LogP contribution in [0, 0.1) is 6.92 Å². The Kier molecular flexibility index (Phi) is 2.68. The van der Waals surface area contributed by atoms with E-state index in [2.05, 4.69) is 0 Å². The second-order valence-corrected chi connectivity index (χ2v) is 4.64. The molecule has 3 N–H and O–H groups in total. The maximum absolute atomic E-state index is 11.2. The molecule has 1 saturated carbocycles. The van der Waals surface area contributed by atoms with E-state index in [-0.39, 0.29) is 4.99 Å². The molecular weight excluding hydrogens is 222 g/mol. The summed E-state index contributed by atoms with van der Waals surface area (Å²) in [6.07, 6.45) is 2.15. The number of hydrogen-bond acceptors (Lipinski definition) is 2. The van der Waals surface area contributed by atoms with Crippen molar-refractivity contribution in [3.05, 3.63) is 34.4 Å². The number of thiocarbonyl (C=S) groups is 1. The third-order valence-electron chi connectivity index (χ3n) is 2.91. The first kappa shape index (κ1) is 11.1. The van der Waals surface area contributed by atoms with Crippen LogP contribution in [0.15, 0.2) is 12.1 Å². The number of carboxylic acid groups (broad SMARTS) is 1. The highest BCUT2D eigenvalue weighted by molar-refractivity contribution is 7.80. The van der Waals surface area contributed by atoms with Gasteiger partial charge in [-0.25, -0.2) is 4.79 Å². The number of aromatic carboxylic acids is 1. The summed E-state index contributed by atoms with van der Waals surface area (Å²) >= 11 is 4.91. The van der Waals surface area contributed by atoms with E-state index in [4.69, 9.17) is 23.1 Å². The van der Waals surface area contributed by atoms with Gasteiger partial charge in [-0.15, -0.1) is 0 Å². The largest absolute Gasteiger partial charge is 0.478 e. The van der Waals surface area contributed by atoms with Gasteiger partial charge in [0.05, 0.1) is 5.56 Å². The maximum atomic E-state index is 11.2. The van der Waals surface area contributed by atoms with E-state index < -0.39 is 5.97 Å². The van der Waals surface area contributed by atoms with Crippen LogP contribution >= 0.6 is 12.2 Å². The first-order valence-electron chi connectivity index (χ1n) is 5.18. The summed E-state index contributed by atoms with van der Waals surface area (Å²) in [5, 5.41) is 9.16. The van der Waals surface area contributed by atoms with Gasteiger partial charge in [-0.3, -0.25) is 0 Å². The summed E-state index contributed by atoms with van der Waals surface area (Å²) in [4.78, 5) is 11.4. The van der Waals surface area contributed by atoms with Crippen molar-refractivity contribution in [2.24, 2.45) is 5.73 Å². The third kappa shape index (κ3) is 1.93. The van der Waals surface area contributed by atoms with Crippen molar-refractivity contribution in [3.8, 4) is 0 Å². The fourth-order valence-corrected chi connectivity index (χ4v) is 2.13. The quantitative estimate of drug-likeness (QED) is 0.788. The Morgan fingerprint density at radius 1 is 1.44 bits per heavy atom. The van der Waals surface area contributed by atoms with Crippen molar-refractivity contribution in [2.75, 3.05) is 0 Å². The molecule has 0 aromatic heterocycles. The van der Waals surface area contributed by atoms with Crippen LogP contribution in [0.25, 0.3) is 0 Å². The molecule has 1 aromatic rings. The van der Waals surface area contributed by atoms with Crippen LogP contribution in [0.3, 0.4) is 0 Å². The second-order valence-electron chi connectivity index (χ2n) is 4.20. The van der Waals surface area contributed by atoms with Crippen LogP contribution in [-0.2, 0) is 0 Å². The van der Waals surface area contributed by atoms with Gasteiger partial charge in [-0.1, -0.05) is 18.3 Å². The van der Waals surface area contributed by atoms with Gasteiger partial charge < -0.3 is 10.8 Å². The van der Waals surface area contributed by atoms with Crippen molar-refractivity contribution < 1.29 is 9.90 Å². The Hall–Kier alpha value is -1.42. The molecular formula is C12H13NO2S. The number of nitrogens with two attached hydrogens (primary N) is 1. The number of carbonyl (C=O) groups is 1. The summed E-state index contributed by atoms with van der Waals surface area (Å²) < 4.78 is 0. The van der Waals surface area contributed by atoms with Gasteiger partial charge in [0.15, 0.2) is 0 Å². The molecule has 0 spiro atoms. The first-order valence-corrected chi connectivity index (χ1v) is 5.59. The Balaban J connectivity index is 2.58. The van der Waals surface area contributed by atoms with E-state index in [0.717, 1.165) is 24.0 Å². The van der Waals surface area contributed by atoms with E-state index in [9.17, 15) is 4.79 Å². The van der Waals surface area contributed by atoms with Gasteiger partial charge in [0.1, 0.15) is 4.99 Å². The minimum absolute atomic E-state index is 0.252. The number of rotatable bonds is 3. The lowest BCUT2D eigenvalue weighted by Crippen LogP contribution is -2.14. The van der Waals surface area contributed by atoms with Gasteiger partial charge in [0.2, 0.25) is 0 Å². The third-order valence-corrected chi connectivity index (χ3v) is 3.13. The molecule has 2 rings (SSSR count). The van der Waals surface area contributed by atoms with E-state index in [1.165, 1.54) is 0 Å². The smallest absolute Gasteiger partial charge is 0.335 e. The molecule has 0 bridgehead atoms. The standard InChI is InChI=1S/C12H13NO2S/c1-6-4-9(7-2-3-7)10(12(14)15)5-8(6)11(13)16/h4-5,7H,2-3H2,1H3,(H2,13,16)(H,14,15). The molecule has 84 valence electrons. The molecule has 3 nitrogen and oxygen atoms in total. The highest BCUT2D eigenvalue weighted by Gasteiger charge is 2.28. The van der Waals surface area contributed by atoms with Crippen LogP contribution in [-0.4, -0.2) is 16.1 Å². The summed E-state index contributed by atoms with van der Waals surface area (Å²) in [5.41, 5.74) is 8.45. The normalized spacial score (nSPS) is 14.8. The average molecular weight is 235 g/mol. The predicted molar refractivity (Wildman–Crippen MR) is 66.0 cm³/mol. The van der Waals surface area contributed by atoms with Gasteiger partial charge >= 0.3 is 5.97 Å². The zero-order valence-electron chi connectivity index (χ0n) is 8.99. The lowest BCUT2D eigenvalue weighted by Gasteiger charge is -2.10. The SMILES string of the molecule is Cc1cc(C2CC2)c(C(=O)O)cc1C(N)=S. The second kappa shape index (κ2) is 3.87. The molecule has 0 unspecified atom stereocenters. The Morgan fingerprint density at radius 3 is 2.50 bits per heavy atom. The molecule has 1 fully saturated rings. The maximum Gasteiger partial charge on any atom is 0.335 e. The van der Waals surface area contributed by atoms with Gasteiger partial charge in [-0.2, -0.15) is 0 Å². The predicted octanol–water partition coefficient (Wildman–Crippen LogP) is 2.20. The molecule has 0 atom stereocenters. The fourth-order valence-electron chi connectivity index (χ4n) is 1.91. The van der Waals surface area contributed by atoms with E-state index in [0.29, 0.717) is 17.0 Å². The van der Waals surface area contributed by atoms with Crippen LogP contribution < -0.4 is 5.73 Å². The van der Waals surface area contributed by atoms with Crippen molar-refractivity contribution in [3.63, 3.8) is 0 Å².